The third-order valence-corrected chi connectivity index (χ3v) is 8.86. The highest BCUT2D eigenvalue weighted by molar-refractivity contribution is 5.99. The average Bonchev–Trinajstić information content (AvgIpc) is 3.34. The summed E-state index contributed by atoms with van der Waals surface area (Å²) >= 11 is 0. The molecule has 1 aliphatic carbocycles. The Morgan fingerprint density at radius 3 is 2.62 bits per heavy atom. The van der Waals surface area contributed by atoms with Gasteiger partial charge in [0.25, 0.3) is 0 Å². The largest absolute Gasteiger partial charge is 0.505 e. The number of nitrogens with one attached hydrogen (secondary N) is 3. The molecule has 0 aromatic carbocycles. The number of aliphatic hydroxyl groups is 1. The summed E-state index contributed by atoms with van der Waals surface area (Å²) in [5.74, 6) is 0.751. The van der Waals surface area contributed by atoms with Gasteiger partial charge in [0.1, 0.15) is 17.5 Å². The topological polar surface area (TPSA) is 144 Å². The fourth-order valence-corrected chi connectivity index (χ4v) is 6.06. The van der Waals surface area contributed by atoms with Gasteiger partial charge in [-0.1, -0.05) is 60.8 Å². The van der Waals surface area contributed by atoms with E-state index in [2.05, 4.69) is 22.5 Å². The van der Waals surface area contributed by atoms with Crippen LogP contribution in [0.25, 0.3) is 0 Å². The molecule has 1 saturated heterocycles. The molecule has 0 bridgehead atoms. The number of carbonyl (C=O) groups excluding carboxylic acids is 3. The standard InChI is InChI=1S/C32H51N5O5/c1-8-21-15-17-37(26(21)27(39)20(2)3)29(40)28(31(4,5)6)36-30(41)42-32(7)18-22(32)12-10-9-11-13-23-24(38)19-34-25(35-23)14-16-33/h14,16,19-22,26,28,33-34,38H,8-13,15,17-18H2,1-7H3,(H,36,41)/b25-14+,33-16?/t21-,22-,26+,28?,32?/m1/s1. The minimum absolute atomic E-state index is 0.0812. The molecule has 2 unspecified atom stereocenters. The van der Waals surface area contributed by atoms with Crippen molar-refractivity contribution in [3.05, 3.63) is 23.9 Å². The second-order valence-electron chi connectivity index (χ2n) is 13.6. The van der Waals surface area contributed by atoms with Crippen molar-refractivity contribution in [2.45, 2.75) is 118 Å². The number of ketones is 1. The van der Waals surface area contributed by atoms with Crippen molar-refractivity contribution in [1.29, 1.82) is 5.41 Å². The zero-order valence-electron chi connectivity index (χ0n) is 26.5. The second-order valence-corrected chi connectivity index (χ2v) is 13.6. The third kappa shape index (κ3) is 8.22. The zero-order chi connectivity index (χ0) is 31.2. The van der Waals surface area contributed by atoms with Gasteiger partial charge in [-0.15, -0.1) is 0 Å². The van der Waals surface area contributed by atoms with Crippen LogP contribution in [0.4, 0.5) is 4.79 Å². The summed E-state index contributed by atoms with van der Waals surface area (Å²) in [5, 5.41) is 22.9. The molecule has 0 aromatic rings. The van der Waals surface area contributed by atoms with Crippen molar-refractivity contribution in [3.63, 3.8) is 0 Å². The van der Waals surface area contributed by atoms with Crippen LogP contribution in [0.5, 0.6) is 0 Å². The van der Waals surface area contributed by atoms with E-state index in [1.54, 1.807) is 4.90 Å². The minimum atomic E-state index is -0.804. The van der Waals surface area contributed by atoms with E-state index in [1.165, 1.54) is 12.3 Å². The molecule has 4 N–H and O–H groups in total. The monoisotopic (exact) mass is 585 g/mol. The Hall–Kier alpha value is -3.17. The number of amides is 2. The molecular formula is C32H51N5O5. The molecule has 2 fully saturated rings. The highest BCUT2D eigenvalue weighted by Crippen LogP contribution is 2.49. The molecule has 3 aliphatic rings. The fraction of sp³-hybridized carbons (Fsp3) is 0.719. The molecule has 0 radical (unpaired) electrons. The number of Topliss-reactive ketones (excluding diaryl/α,β-unsaturated/α-hetero) is 1. The lowest BCUT2D eigenvalue weighted by molar-refractivity contribution is -0.143. The van der Waals surface area contributed by atoms with Crippen LogP contribution in [0.2, 0.25) is 0 Å². The number of aliphatic imine (C=N–C) groups is 1. The summed E-state index contributed by atoms with van der Waals surface area (Å²) in [6, 6.07) is -1.25. The number of nitrogens with zero attached hydrogens (tertiary/aromatic N) is 2. The first kappa shape index (κ1) is 33.3. The molecule has 234 valence electrons. The van der Waals surface area contributed by atoms with E-state index in [9.17, 15) is 19.5 Å². The van der Waals surface area contributed by atoms with E-state index in [0.29, 0.717) is 24.5 Å². The number of allylic oxidation sites excluding steroid dienone is 2. The summed E-state index contributed by atoms with van der Waals surface area (Å²) in [5.41, 5.74) is -0.507. The summed E-state index contributed by atoms with van der Waals surface area (Å²) in [4.78, 5) is 46.0. The predicted molar refractivity (Wildman–Crippen MR) is 164 cm³/mol. The van der Waals surface area contributed by atoms with Gasteiger partial charge in [0.05, 0.1) is 11.8 Å². The second kappa shape index (κ2) is 13.9. The molecule has 10 nitrogen and oxygen atoms in total. The summed E-state index contributed by atoms with van der Waals surface area (Å²) in [6.45, 7) is 14.0. The number of alkyl carbamates (subject to hydrolysis) is 1. The molecule has 42 heavy (non-hydrogen) atoms. The van der Waals surface area contributed by atoms with Crippen LogP contribution in [0.15, 0.2) is 28.8 Å². The van der Waals surface area contributed by atoms with Crippen molar-refractivity contribution >= 4 is 29.7 Å². The van der Waals surface area contributed by atoms with Crippen molar-refractivity contribution < 1.29 is 24.2 Å². The lowest BCUT2D eigenvalue weighted by Gasteiger charge is -2.36. The Labute approximate surface area is 250 Å². The molecule has 2 aliphatic heterocycles. The van der Waals surface area contributed by atoms with Gasteiger partial charge in [-0.2, -0.15) is 0 Å². The summed E-state index contributed by atoms with van der Waals surface area (Å²) < 4.78 is 5.88. The quantitative estimate of drug-likeness (QED) is 0.163. The number of ether oxygens (including phenoxy) is 1. The van der Waals surface area contributed by atoms with Crippen LogP contribution in [-0.4, -0.2) is 63.9 Å². The third-order valence-electron chi connectivity index (χ3n) is 8.86. The van der Waals surface area contributed by atoms with Gasteiger partial charge >= 0.3 is 6.09 Å². The molecule has 2 amide bonds. The van der Waals surface area contributed by atoms with Crippen LogP contribution in [0.1, 0.15) is 99.8 Å². The van der Waals surface area contributed by atoms with Gasteiger partial charge in [-0.05, 0) is 56.4 Å². The minimum Gasteiger partial charge on any atom is -0.505 e. The maximum atomic E-state index is 13.8. The van der Waals surface area contributed by atoms with Gasteiger partial charge in [-0.3, -0.25) is 9.59 Å². The number of hydrogen-bond donors (Lipinski definition) is 4. The van der Waals surface area contributed by atoms with E-state index in [-0.39, 0.29) is 35.2 Å². The van der Waals surface area contributed by atoms with Gasteiger partial charge in [0.15, 0.2) is 11.5 Å². The number of hydrogen-bond acceptors (Lipinski definition) is 8. The number of rotatable bonds is 13. The van der Waals surface area contributed by atoms with Crippen molar-refractivity contribution in [2.75, 3.05) is 6.54 Å². The Morgan fingerprint density at radius 2 is 2.00 bits per heavy atom. The lowest BCUT2D eigenvalue weighted by Crippen LogP contribution is -2.58. The molecule has 0 aromatic heterocycles. The zero-order valence-corrected chi connectivity index (χ0v) is 26.5. The van der Waals surface area contributed by atoms with Crippen LogP contribution in [0.3, 0.4) is 0 Å². The van der Waals surface area contributed by atoms with E-state index < -0.39 is 29.2 Å². The highest BCUT2D eigenvalue weighted by Gasteiger charge is 2.54. The van der Waals surface area contributed by atoms with E-state index in [4.69, 9.17) is 10.1 Å². The van der Waals surface area contributed by atoms with Crippen LogP contribution in [0, 0.1) is 28.6 Å². The summed E-state index contributed by atoms with van der Waals surface area (Å²) in [6.07, 6.45) is 10.3. The van der Waals surface area contributed by atoms with Gasteiger partial charge < -0.3 is 30.8 Å². The van der Waals surface area contributed by atoms with Crippen molar-refractivity contribution in [3.8, 4) is 0 Å². The number of carbonyl (C=O) groups is 3. The molecule has 5 atom stereocenters. The van der Waals surface area contributed by atoms with Crippen molar-refractivity contribution in [1.82, 2.24) is 15.5 Å². The molecule has 3 rings (SSSR count). The first-order chi connectivity index (χ1) is 19.7. The molecule has 0 spiro atoms. The summed E-state index contributed by atoms with van der Waals surface area (Å²) in [7, 11) is 0. The number of unbranched alkanes of at least 4 members (excludes halogenated alkanes) is 2. The van der Waals surface area contributed by atoms with E-state index in [1.807, 2.05) is 41.5 Å². The highest BCUT2D eigenvalue weighted by atomic mass is 16.6. The Bertz CT molecular complexity index is 1120. The van der Waals surface area contributed by atoms with Gasteiger partial charge in [-0.25, -0.2) is 9.79 Å². The fourth-order valence-electron chi connectivity index (χ4n) is 6.06. The SMILES string of the molecule is CC[C@@H]1CCN(C(=O)C(NC(=O)OC2(C)C[C@H]2CCCCCC2=N/C(=C/C=N)NC=C2O)C(C)(C)C)[C@@H]1C(=O)C(C)C. The maximum Gasteiger partial charge on any atom is 0.408 e. The average molecular weight is 586 g/mol. The normalized spacial score (nSPS) is 27.2. The van der Waals surface area contributed by atoms with E-state index in [0.717, 1.165) is 51.2 Å². The number of likely N-dealkylation sites (tertiary alicyclic amines) is 1. The molecular weight excluding hydrogens is 534 g/mol. The number of aliphatic hydroxyl groups excluding tert-OH is 1. The lowest BCUT2D eigenvalue weighted by atomic mass is 9.84. The molecule has 1 saturated carbocycles. The smallest absolute Gasteiger partial charge is 0.408 e. The molecule has 10 heteroatoms. The van der Waals surface area contributed by atoms with Crippen LogP contribution in [-0.2, 0) is 14.3 Å². The van der Waals surface area contributed by atoms with Gasteiger partial charge in [0, 0.05) is 30.8 Å². The first-order valence-electron chi connectivity index (χ1n) is 15.5. The Morgan fingerprint density at radius 1 is 1.29 bits per heavy atom. The van der Waals surface area contributed by atoms with Crippen molar-refractivity contribution in [2.24, 2.45) is 28.2 Å². The molecule has 2 heterocycles. The first-order valence-corrected chi connectivity index (χ1v) is 15.5. The van der Waals surface area contributed by atoms with Crippen LogP contribution >= 0.6 is 0 Å². The van der Waals surface area contributed by atoms with Crippen LogP contribution < -0.4 is 10.6 Å². The Balaban J connectivity index is 1.50. The maximum absolute atomic E-state index is 13.8. The van der Waals surface area contributed by atoms with Gasteiger partial charge in [0.2, 0.25) is 5.91 Å². The van der Waals surface area contributed by atoms with E-state index >= 15 is 0 Å². The Kier molecular flexibility index (Phi) is 11.0. The predicted octanol–water partition coefficient (Wildman–Crippen LogP) is 5.64.